The van der Waals surface area contributed by atoms with Crippen molar-refractivity contribution in [1.82, 2.24) is 9.80 Å². The summed E-state index contributed by atoms with van der Waals surface area (Å²) < 4.78 is 38.9. The summed E-state index contributed by atoms with van der Waals surface area (Å²) in [6.45, 7) is 8.59. The Morgan fingerprint density at radius 2 is 1.80 bits per heavy atom. The Balaban J connectivity index is 1.89. The average molecular weight is 582 g/mol. The van der Waals surface area contributed by atoms with Crippen molar-refractivity contribution in [1.29, 1.82) is 0 Å². The molecule has 4 atom stereocenters. The molecule has 10 heteroatoms. The first-order chi connectivity index (χ1) is 19.0. The zero-order chi connectivity index (χ0) is 29.3. The molecule has 1 amide bonds. The van der Waals surface area contributed by atoms with Crippen molar-refractivity contribution < 1.29 is 27.8 Å². The quantitative estimate of drug-likeness (QED) is 0.470. The number of hydrogen-bond acceptors (Lipinski definition) is 7. The van der Waals surface area contributed by atoms with Gasteiger partial charge in [-0.15, -0.1) is 0 Å². The molecule has 0 aromatic heterocycles. The fraction of sp³-hybridized carbons (Fsp3) is 0.767. The first-order valence-electron chi connectivity index (χ1n) is 15.0. The SMILES string of the molecule is C[C@@H]1CN([C@@H](C)CO)C(=O)c2cc(NS(C)(=O)=O)ccc2O[C@@H](C)CCCCO[C@@H]1CN(C)CC1CCCCC1. The Bertz CT molecular complexity index is 1050. The minimum Gasteiger partial charge on any atom is -0.490 e. The molecule has 1 aliphatic carbocycles. The average Bonchev–Trinajstić information content (AvgIpc) is 2.90. The number of fused-ring (bicyclic) bond motifs is 1. The summed E-state index contributed by atoms with van der Waals surface area (Å²) in [5, 5.41) is 10.1. The van der Waals surface area contributed by atoms with Gasteiger partial charge in [0.15, 0.2) is 0 Å². The minimum absolute atomic E-state index is 0.00955. The first-order valence-corrected chi connectivity index (χ1v) is 16.9. The van der Waals surface area contributed by atoms with E-state index in [9.17, 15) is 18.3 Å². The Kier molecular flexibility index (Phi) is 12.5. The molecule has 1 aliphatic heterocycles. The van der Waals surface area contributed by atoms with Crippen LogP contribution in [-0.4, -0.2) is 93.6 Å². The maximum absolute atomic E-state index is 14.1. The second-order valence-electron chi connectivity index (χ2n) is 12.1. The van der Waals surface area contributed by atoms with Crippen molar-refractivity contribution in [2.45, 2.75) is 90.4 Å². The fourth-order valence-electron chi connectivity index (χ4n) is 5.85. The van der Waals surface area contributed by atoms with E-state index >= 15 is 0 Å². The molecule has 1 saturated carbocycles. The van der Waals surface area contributed by atoms with Crippen LogP contribution >= 0.6 is 0 Å². The third kappa shape index (κ3) is 10.2. The summed E-state index contributed by atoms with van der Waals surface area (Å²) in [5.74, 6) is 0.846. The van der Waals surface area contributed by atoms with Crippen LogP contribution in [0.3, 0.4) is 0 Å². The number of aliphatic hydroxyl groups excluding tert-OH is 1. The molecule has 1 aromatic carbocycles. The maximum Gasteiger partial charge on any atom is 0.258 e. The van der Waals surface area contributed by atoms with Gasteiger partial charge >= 0.3 is 0 Å². The van der Waals surface area contributed by atoms with Crippen molar-refractivity contribution >= 4 is 21.6 Å². The van der Waals surface area contributed by atoms with Gasteiger partial charge in [0.2, 0.25) is 10.0 Å². The lowest BCUT2D eigenvalue weighted by Gasteiger charge is -2.36. The number of nitrogens with one attached hydrogen (secondary N) is 1. The predicted octanol–water partition coefficient (Wildman–Crippen LogP) is 4.37. The van der Waals surface area contributed by atoms with Gasteiger partial charge in [-0.3, -0.25) is 9.52 Å². The third-order valence-corrected chi connectivity index (χ3v) is 8.75. The summed E-state index contributed by atoms with van der Waals surface area (Å²) in [7, 11) is -1.36. The highest BCUT2D eigenvalue weighted by molar-refractivity contribution is 7.92. The van der Waals surface area contributed by atoms with Gasteiger partial charge in [0.1, 0.15) is 5.75 Å². The van der Waals surface area contributed by atoms with Crippen LogP contribution in [-0.2, 0) is 14.8 Å². The summed E-state index contributed by atoms with van der Waals surface area (Å²) >= 11 is 0. The summed E-state index contributed by atoms with van der Waals surface area (Å²) in [4.78, 5) is 18.1. The first kappa shape index (κ1) is 32.6. The monoisotopic (exact) mass is 581 g/mol. The molecule has 2 N–H and O–H groups in total. The van der Waals surface area contributed by atoms with Gasteiger partial charge in [0.25, 0.3) is 5.91 Å². The molecule has 9 nitrogen and oxygen atoms in total. The van der Waals surface area contributed by atoms with Crippen molar-refractivity contribution in [3.8, 4) is 5.75 Å². The molecule has 228 valence electrons. The summed E-state index contributed by atoms with van der Waals surface area (Å²) in [5.41, 5.74) is 0.569. The number of rotatable bonds is 8. The molecule has 1 aromatic rings. The number of carbonyl (C=O) groups is 1. The number of aliphatic hydroxyl groups is 1. The molecule has 0 radical (unpaired) electrons. The number of sulfonamides is 1. The highest BCUT2D eigenvalue weighted by Gasteiger charge is 2.31. The normalized spacial score (nSPS) is 25.1. The standard InChI is InChI=1S/C30H51N3O6S/c1-22-18-33(23(2)21-34)30(35)27-17-26(31-40(5,36)37)14-15-28(27)39-24(3)11-9-10-16-38-29(22)20-32(4)19-25-12-7-6-8-13-25/h14-15,17,22-25,29,31,34H,6-13,16,18-21H2,1-5H3/t22-,23+,24+,29-/m1/s1. The molecule has 0 unspecified atom stereocenters. The predicted molar refractivity (Wildman–Crippen MR) is 159 cm³/mol. The van der Waals surface area contributed by atoms with Crippen molar-refractivity contribution in [3.05, 3.63) is 23.8 Å². The van der Waals surface area contributed by atoms with Crippen LogP contribution < -0.4 is 9.46 Å². The number of nitrogens with zero attached hydrogens (tertiary/aromatic N) is 2. The molecule has 1 heterocycles. The van der Waals surface area contributed by atoms with E-state index in [2.05, 4.69) is 23.6 Å². The lowest BCUT2D eigenvalue weighted by atomic mass is 9.89. The summed E-state index contributed by atoms with van der Waals surface area (Å²) in [6.07, 6.45) is 10.1. The Morgan fingerprint density at radius 3 is 2.48 bits per heavy atom. The van der Waals surface area contributed by atoms with Crippen molar-refractivity contribution in [2.75, 3.05) is 50.9 Å². The van der Waals surface area contributed by atoms with Gasteiger partial charge in [-0.25, -0.2) is 8.42 Å². The second-order valence-corrected chi connectivity index (χ2v) is 13.9. The molecule has 3 rings (SSSR count). The largest absolute Gasteiger partial charge is 0.490 e. The highest BCUT2D eigenvalue weighted by Crippen LogP contribution is 2.29. The number of amides is 1. The van der Waals surface area contributed by atoms with Crippen LogP contribution in [0.15, 0.2) is 18.2 Å². The molecular formula is C30H51N3O6S. The number of anilines is 1. The van der Waals surface area contributed by atoms with Gasteiger partial charge in [0.05, 0.1) is 36.7 Å². The summed E-state index contributed by atoms with van der Waals surface area (Å²) in [6, 6.07) is 4.35. The smallest absolute Gasteiger partial charge is 0.258 e. The van der Waals surface area contributed by atoms with E-state index in [0.717, 1.165) is 44.5 Å². The van der Waals surface area contributed by atoms with E-state index in [-0.39, 0.29) is 36.2 Å². The molecule has 40 heavy (non-hydrogen) atoms. The van der Waals surface area contributed by atoms with E-state index in [0.29, 0.717) is 24.6 Å². The van der Waals surface area contributed by atoms with Crippen LogP contribution in [0.2, 0.25) is 0 Å². The lowest BCUT2D eigenvalue weighted by Crippen LogP contribution is -2.47. The van der Waals surface area contributed by atoms with Crippen molar-refractivity contribution in [2.24, 2.45) is 11.8 Å². The molecule has 0 saturated heterocycles. The van der Waals surface area contributed by atoms with Gasteiger partial charge in [-0.2, -0.15) is 0 Å². The number of ether oxygens (including phenoxy) is 2. The zero-order valence-corrected chi connectivity index (χ0v) is 25.9. The Labute approximate surface area is 241 Å². The topological polar surface area (TPSA) is 108 Å². The molecular weight excluding hydrogens is 530 g/mol. The van der Waals surface area contributed by atoms with Gasteiger partial charge < -0.3 is 24.4 Å². The Hall–Kier alpha value is -1.88. The second kappa shape index (κ2) is 15.4. The highest BCUT2D eigenvalue weighted by atomic mass is 32.2. The lowest BCUT2D eigenvalue weighted by molar-refractivity contribution is -0.0190. The molecule has 2 aliphatic rings. The number of benzene rings is 1. The molecule has 1 fully saturated rings. The van der Waals surface area contributed by atoms with Crippen LogP contribution in [0.5, 0.6) is 5.75 Å². The van der Waals surface area contributed by atoms with Crippen LogP contribution in [0.4, 0.5) is 5.69 Å². The molecule has 0 spiro atoms. The van der Waals surface area contributed by atoms with E-state index in [1.807, 2.05) is 13.8 Å². The Morgan fingerprint density at radius 1 is 1.10 bits per heavy atom. The minimum atomic E-state index is -3.53. The van der Waals surface area contributed by atoms with Crippen LogP contribution in [0, 0.1) is 11.8 Å². The van der Waals surface area contributed by atoms with Crippen LogP contribution in [0.25, 0.3) is 0 Å². The van der Waals surface area contributed by atoms with E-state index in [4.69, 9.17) is 9.47 Å². The van der Waals surface area contributed by atoms with E-state index < -0.39 is 16.1 Å². The maximum atomic E-state index is 14.1. The van der Waals surface area contributed by atoms with E-state index in [1.54, 1.807) is 17.0 Å². The van der Waals surface area contributed by atoms with Crippen molar-refractivity contribution in [3.63, 3.8) is 0 Å². The van der Waals surface area contributed by atoms with Gasteiger partial charge in [-0.05, 0) is 77.1 Å². The number of carbonyl (C=O) groups excluding carboxylic acids is 1. The van der Waals surface area contributed by atoms with Gasteiger partial charge in [-0.1, -0.05) is 26.2 Å². The van der Waals surface area contributed by atoms with E-state index in [1.165, 1.54) is 38.2 Å². The zero-order valence-electron chi connectivity index (χ0n) is 25.1. The number of hydrogen-bond donors (Lipinski definition) is 2. The third-order valence-electron chi connectivity index (χ3n) is 8.14. The van der Waals surface area contributed by atoms with Gasteiger partial charge in [0, 0.05) is 37.8 Å². The number of likely N-dealkylation sites (N-methyl/N-ethyl adjacent to an activating group) is 1. The molecule has 0 bridgehead atoms. The van der Waals surface area contributed by atoms with Crippen LogP contribution in [0.1, 0.15) is 82.5 Å². The fourth-order valence-corrected chi connectivity index (χ4v) is 6.41.